The van der Waals surface area contributed by atoms with E-state index in [0.29, 0.717) is 10.8 Å². The number of fused-ring (bicyclic) bond motifs is 1. The van der Waals surface area contributed by atoms with Crippen LogP contribution in [0.3, 0.4) is 0 Å². The van der Waals surface area contributed by atoms with E-state index in [2.05, 4.69) is 37.5 Å². The number of halogens is 1. The minimum atomic E-state index is -0.278. The van der Waals surface area contributed by atoms with Gasteiger partial charge in [0.2, 0.25) is 11.8 Å². The number of carbonyl (C=O) groups excluding carboxylic acids is 2. The Balaban J connectivity index is 1.74. The van der Waals surface area contributed by atoms with E-state index in [1.165, 1.54) is 4.88 Å². The molecule has 3 aromatic rings. The highest BCUT2D eigenvalue weighted by molar-refractivity contribution is 8.00. The second-order valence-electron chi connectivity index (χ2n) is 9.76. The summed E-state index contributed by atoms with van der Waals surface area (Å²) in [6, 6.07) is 11.8. The Morgan fingerprint density at radius 1 is 1.24 bits per heavy atom. The Morgan fingerprint density at radius 3 is 2.68 bits per heavy atom. The normalized spacial score (nSPS) is 18.5. The Hall–Kier alpha value is -2.29. The molecule has 1 unspecified atom stereocenters. The van der Waals surface area contributed by atoms with Gasteiger partial charge in [-0.25, -0.2) is 4.68 Å². The lowest BCUT2D eigenvalue weighted by molar-refractivity contribution is -0.123. The average Bonchev–Trinajstić information content (AvgIpc) is 3.29. The van der Waals surface area contributed by atoms with Gasteiger partial charge < -0.3 is 5.32 Å². The summed E-state index contributed by atoms with van der Waals surface area (Å²) < 4.78 is 1.80. The Morgan fingerprint density at radius 2 is 2.03 bits per heavy atom. The number of thioether (sulfide) groups is 1. The molecule has 1 aromatic carbocycles. The molecule has 0 bridgehead atoms. The van der Waals surface area contributed by atoms with Gasteiger partial charge in [0.25, 0.3) is 0 Å². The van der Waals surface area contributed by atoms with Crippen LogP contribution in [-0.2, 0) is 15.0 Å². The van der Waals surface area contributed by atoms with Gasteiger partial charge >= 0.3 is 0 Å². The smallest absolute Gasteiger partial charge is 0.240 e. The Bertz CT molecular complexity index is 1230. The molecule has 0 saturated heterocycles. The van der Waals surface area contributed by atoms with E-state index in [-0.39, 0.29) is 40.8 Å². The van der Waals surface area contributed by atoms with E-state index < -0.39 is 0 Å². The molecule has 178 valence electrons. The van der Waals surface area contributed by atoms with Crippen LogP contribution in [-0.4, -0.2) is 39.9 Å². The molecule has 2 amide bonds. The number of thiophene rings is 1. The maximum absolute atomic E-state index is 13.5. The molecule has 1 aliphatic heterocycles. The average molecular weight is 515 g/mol. The van der Waals surface area contributed by atoms with Crippen molar-refractivity contribution in [1.82, 2.24) is 15.1 Å². The minimum Gasteiger partial charge on any atom is -0.352 e. The second-order valence-corrected chi connectivity index (χ2v) is 12.3. The van der Waals surface area contributed by atoms with Crippen LogP contribution >= 0.6 is 34.7 Å². The van der Waals surface area contributed by atoms with Crippen molar-refractivity contribution in [2.45, 2.75) is 50.3 Å². The summed E-state index contributed by atoms with van der Waals surface area (Å²) in [5, 5.41) is 10.7. The summed E-state index contributed by atoms with van der Waals surface area (Å²) in [4.78, 5) is 29.2. The maximum Gasteiger partial charge on any atom is 0.240 e. The lowest BCUT2D eigenvalue weighted by Crippen LogP contribution is -2.43. The van der Waals surface area contributed by atoms with Crippen molar-refractivity contribution in [3.05, 3.63) is 62.9 Å². The van der Waals surface area contributed by atoms with Gasteiger partial charge in [0.05, 0.1) is 22.4 Å². The van der Waals surface area contributed by atoms with Crippen LogP contribution in [0.25, 0.3) is 5.69 Å². The van der Waals surface area contributed by atoms with E-state index in [0.717, 1.165) is 29.8 Å². The summed E-state index contributed by atoms with van der Waals surface area (Å²) in [6.07, 6.45) is 1.99. The summed E-state index contributed by atoms with van der Waals surface area (Å²) in [5.74, 6) is 0.705. The number of hydrogen-bond donors (Lipinski definition) is 1. The quantitative estimate of drug-likeness (QED) is 0.499. The number of rotatable bonds is 5. The first kappa shape index (κ1) is 23.5. The predicted molar refractivity (Wildman–Crippen MR) is 139 cm³/mol. The van der Waals surface area contributed by atoms with Gasteiger partial charge in [-0.3, -0.25) is 14.5 Å². The molecule has 1 atom stereocenters. The van der Waals surface area contributed by atoms with Crippen LogP contribution in [0.2, 0.25) is 5.02 Å². The number of carbonyl (C=O) groups is 2. The predicted octanol–water partition coefficient (Wildman–Crippen LogP) is 5.33. The third kappa shape index (κ3) is 4.63. The van der Waals surface area contributed by atoms with Gasteiger partial charge in [0.1, 0.15) is 12.4 Å². The largest absolute Gasteiger partial charge is 0.352 e. The molecule has 1 N–H and O–H groups in total. The van der Waals surface area contributed by atoms with Gasteiger partial charge in [-0.2, -0.15) is 5.10 Å². The summed E-state index contributed by atoms with van der Waals surface area (Å²) in [5.41, 5.74) is 2.39. The number of nitrogens with one attached hydrogen (secondary N) is 1. The first-order chi connectivity index (χ1) is 16.2. The zero-order valence-electron chi connectivity index (χ0n) is 19.4. The fraction of sp³-hybridized carbons (Fsp3) is 0.400. The Kier molecular flexibility index (Phi) is 6.25. The van der Waals surface area contributed by atoms with Crippen LogP contribution in [0.5, 0.6) is 0 Å². The second kappa shape index (κ2) is 9.06. The fourth-order valence-electron chi connectivity index (χ4n) is 4.17. The third-order valence-corrected chi connectivity index (χ3v) is 8.46. The highest BCUT2D eigenvalue weighted by Crippen LogP contribution is 2.49. The zero-order valence-corrected chi connectivity index (χ0v) is 21.8. The van der Waals surface area contributed by atoms with E-state index >= 15 is 0 Å². The van der Waals surface area contributed by atoms with Gasteiger partial charge in [-0.1, -0.05) is 44.5 Å². The van der Waals surface area contributed by atoms with Crippen molar-refractivity contribution in [2.24, 2.45) is 0 Å². The molecule has 1 saturated carbocycles. The van der Waals surface area contributed by atoms with Crippen LogP contribution in [0.1, 0.15) is 55.0 Å². The van der Waals surface area contributed by atoms with Crippen molar-refractivity contribution in [2.75, 3.05) is 17.2 Å². The molecular weight excluding hydrogens is 488 g/mol. The zero-order chi connectivity index (χ0) is 24.0. The van der Waals surface area contributed by atoms with Crippen molar-refractivity contribution < 1.29 is 9.59 Å². The van der Waals surface area contributed by atoms with E-state index in [1.807, 2.05) is 30.3 Å². The molecular formula is C25H27ClN4O2S2. The standard InChI is InChI=1S/C25H27ClN4O2S2/c1-25(2,3)23-21-22(18-8-5-11-33-18)34-14-20(32)29(13-19(31)27-16-9-10-16)24(21)30(28-23)17-7-4-6-15(26)12-17/h4-8,11-12,16,22H,9-10,13-14H2,1-3H3,(H,27,31). The summed E-state index contributed by atoms with van der Waals surface area (Å²) in [7, 11) is 0. The summed E-state index contributed by atoms with van der Waals surface area (Å²) in [6.45, 7) is 6.36. The van der Waals surface area contributed by atoms with Gasteiger partial charge in [0, 0.05) is 26.9 Å². The monoisotopic (exact) mass is 514 g/mol. The molecule has 2 aliphatic rings. The van der Waals surface area contributed by atoms with E-state index in [9.17, 15) is 9.59 Å². The molecule has 34 heavy (non-hydrogen) atoms. The number of amides is 2. The lowest BCUT2D eigenvalue weighted by atomic mass is 9.88. The number of aromatic nitrogens is 2. The molecule has 5 rings (SSSR count). The van der Waals surface area contributed by atoms with Gasteiger partial charge in [-0.15, -0.1) is 23.1 Å². The number of nitrogens with zero attached hydrogens (tertiary/aromatic N) is 3. The number of benzene rings is 1. The van der Waals surface area contributed by atoms with Crippen LogP contribution in [0.15, 0.2) is 41.8 Å². The SMILES string of the molecule is CC(C)(C)c1nn(-c2cccc(Cl)c2)c2c1C(c1cccs1)SCC(=O)N2CC(=O)NC1CC1. The maximum atomic E-state index is 13.5. The highest BCUT2D eigenvalue weighted by Gasteiger charge is 2.40. The molecule has 1 fully saturated rings. The first-order valence-corrected chi connectivity index (χ1v) is 13.7. The molecule has 0 radical (unpaired) electrons. The molecule has 9 heteroatoms. The van der Waals surface area contributed by atoms with Gasteiger partial charge in [-0.05, 0) is 42.5 Å². The van der Waals surface area contributed by atoms with Crippen LogP contribution in [0, 0.1) is 0 Å². The van der Waals surface area contributed by atoms with Crippen LogP contribution in [0.4, 0.5) is 5.82 Å². The molecule has 6 nitrogen and oxygen atoms in total. The fourth-order valence-corrected chi connectivity index (χ4v) is 6.53. The van der Waals surface area contributed by atoms with Crippen LogP contribution < -0.4 is 10.2 Å². The van der Waals surface area contributed by atoms with Crippen molar-refractivity contribution in [3.8, 4) is 5.69 Å². The minimum absolute atomic E-state index is 0.0318. The van der Waals surface area contributed by atoms with Gasteiger partial charge in [0.15, 0.2) is 0 Å². The third-order valence-electron chi connectivity index (χ3n) is 5.90. The van der Waals surface area contributed by atoms with E-state index in [1.54, 1.807) is 32.7 Å². The van der Waals surface area contributed by atoms with Crippen molar-refractivity contribution in [1.29, 1.82) is 0 Å². The molecule has 3 heterocycles. The first-order valence-electron chi connectivity index (χ1n) is 11.4. The molecule has 2 aromatic heterocycles. The Labute approximate surface area is 212 Å². The highest BCUT2D eigenvalue weighted by atomic mass is 35.5. The number of hydrogen-bond acceptors (Lipinski definition) is 5. The topological polar surface area (TPSA) is 67.2 Å². The van der Waals surface area contributed by atoms with Crippen molar-refractivity contribution in [3.63, 3.8) is 0 Å². The molecule has 1 aliphatic carbocycles. The number of anilines is 1. The van der Waals surface area contributed by atoms with Crippen molar-refractivity contribution >= 4 is 52.3 Å². The van der Waals surface area contributed by atoms with E-state index in [4.69, 9.17) is 16.7 Å². The lowest BCUT2D eigenvalue weighted by Gasteiger charge is -2.24. The molecule has 0 spiro atoms. The summed E-state index contributed by atoms with van der Waals surface area (Å²) >= 11 is 9.62.